The average Bonchev–Trinajstić information content (AvgIpc) is 2.61. The van der Waals surface area contributed by atoms with Crippen molar-refractivity contribution in [3.63, 3.8) is 0 Å². The van der Waals surface area contributed by atoms with Crippen molar-refractivity contribution < 1.29 is 24.2 Å². The number of hydrogen-bond acceptors (Lipinski definition) is 8. The summed E-state index contributed by atoms with van der Waals surface area (Å²) in [6.07, 6.45) is -0.730. The topological polar surface area (TPSA) is 161 Å². The molecule has 2 heterocycles. The number of nitrogens with zero attached hydrogens (tertiary/aromatic N) is 3. The second-order valence-electron chi connectivity index (χ2n) is 3.78. The minimum Gasteiger partial charge on any atom is -0.492 e. The van der Waals surface area contributed by atoms with Crippen LogP contribution in [0.1, 0.15) is 0 Å². The normalized spacial score (nSPS) is 12.1. The molecule has 110 valence electrons. The Bertz CT molecular complexity index is 736. The number of anilines is 1. The zero-order chi connectivity index (χ0) is 14.9. The summed E-state index contributed by atoms with van der Waals surface area (Å²) >= 11 is 0.745. The smallest absolute Gasteiger partial charge is 0.350 e. The zero-order valence-electron chi connectivity index (χ0n) is 9.96. The van der Waals surface area contributed by atoms with Gasteiger partial charge in [0.15, 0.2) is 5.65 Å². The van der Waals surface area contributed by atoms with E-state index in [0.717, 1.165) is 11.3 Å². The summed E-state index contributed by atoms with van der Waals surface area (Å²) in [6, 6.07) is 0. The summed E-state index contributed by atoms with van der Waals surface area (Å²) in [6.45, 7) is -0.0732. The van der Waals surface area contributed by atoms with E-state index in [4.69, 9.17) is 20.3 Å². The molecule has 0 bridgehead atoms. The third kappa shape index (κ3) is 3.32. The fraction of sp³-hybridized carbons (Fsp3) is 0.375. The molecule has 0 spiro atoms. The van der Waals surface area contributed by atoms with E-state index in [9.17, 15) is 14.5 Å². The van der Waals surface area contributed by atoms with Crippen molar-refractivity contribution >= 4 is 35.2 Å². The van der Waals surface area contributed by atoms with Crippen molar-refractivity contribution in [1.29, 1.82) is 0 Å². The molecule has 0 aliphatic heterocycles. The largest absolute Gasteiger partial charge is 0.492 e. The lowest BCUT2D eigenvalue weighted by Crippen LogP contribution is -2.17. The van der Waals surface area contributed by atoms with Gasteiger partial charge in [-0.2, -0.15) is 9.97 Å². The van der Waals surface area contributed by atoms with Crippen LogP contribution in [0.15, 0.2) is 4.79 Å². The number of nitrogens with two attached hydrogens (primary N) is 1. The van der Waals surface area contributed by atoms with Crippen LogP contribution < -0.4 is 10.6 Å². The first-order valence-corrected chi connectivity index (χ1v) is 7.87. The molecule has 10 nitrogen and oxygen atoms in total. The Morgan fingerprint density at radius 2 is 2.10 bits per heavy atom. The van der Waals surface area contributed by atoms with Crippen molar-refractivity contribution in [2.75, 3.05) is 18.7 Å². The van der Waals surface area contributed by atoms with Gasteiger partial charge in [-0.05, 0) is 0 Å². The molecule has 0 saturated heterocycles. The first-order valence-electron chi connectivity index (χ1n) is 5.26. The van der Waals surface area contributed by atoms with Crippen molar-refractivity contribution in [3.8, 4) is 5.88 Å². The van der Waals surface area contributed by atoms with Crippen LogP contribution in [-0.2, 0) is 15.8 Å². The Hall–Kier alpha value is -1.52. The maximum absolute atomic E-state index is 11.7. The van der Waals surface area contributed by atoms with Gasteiger partial charge in [-0.3, -0.25) is 13.9 Å². The molecule has 2 aromatic rings. The second kappa shape index (κ2) is 5.46. The molecule has 0 saturated carbocycles. The van der Waals surface area contributed by atoms with Crippen LogP contribution in [0.4, 0.5) is 5.95 Å². The number of hydrogen-bond donors (Lipinski definition) is 4. The Labute approximate surface area is 115 Å². The van der Waals surface area contributed by atoms with E-state index in [1.54, 1.807) is 0 Å². The van der Waals surface area contributed by atoms with Crippen LogP contribution in [0.5, 0.6) is 5.88 Å². The van der Waals surface area contributed by atoms with Gasteiger partial charge in [0.1, 0.15) is 11.0 Å². The fourth-order valence-corrected chi connectivity index (χ4v) is 2.70. The van der Waals surface area contributed by atoms with E-state index in [1.165, 1.54) is 4.57 Å². The third-order valence-electron chi connectivity index (χ3n) is 2.23. The van der Waals surface area contributed by atoms with E-state index < -0.39 is 18.8 Å². The summed E-state index contributed by atoms with van der Waals surface area (Å²) in [4.78, 5) is 36.0. The molecule has 2 rings (SSSR count). The van der Waals surface area contributed by atoms with Crippen LogP contribution in [0.25, 0.3) is 10.3 Å². The van der Waals surface area contributed by atoms with Gasteiger partial charge in [-0.1, -0.05) is 11.3 Å². The predicted molar refractivity (Wildman–Crippen MR) is 70.6 cm³/mol. The highest BCUT2D eigenvalue weighted by Crippen LogP contribution is 2.33. The molecule has 0 amide bonds. The van der Waals surface area contributed by atoms with E-state index in [1.807, 2.05) is 0 Å². The van der Waals surface area contributed by atoms with Gasteiger partial charge in [-0.25, -0.2) is 0 Å². The highest BCUT2D eigenvalue weighted by atomic mass is 32.1. The fourth-order valence-electron chi connectivity index (χ4n) is 1.48. The van der Waals surface area contributed by atoms with E-state index in [-0.39, 0.29) is 35.3 Å². The summed E-state index contributed by atoms with van der Waals surface area (Å²) in [5, 5.41) is 9.56. The number of aromatic hydroxyl groups is 1. The molecule has 2 aromatic heterocycles. The van der Waals surface area contributed by atoms with Crippen LogP contribution in [0, 0.1) is 0 Å². The minimum atomic E-state index is -4.24. The van der Waals surface area contributed by atoms with E-state index in [0.29, 0.717) is 0 Å². The van der Waals surface area contributed by atoms with E-state index in [2.05, 4.69) is 9.97 Å². The van der Waals surface area contributed by atoms with Crippen molar-refractivity contribution in [1.82, 2.24) is 14.5 Å². The minimum absolute atomic E-state index is 0.0225. The van der Waals surface area contributed by atoms with Crippen molar-refractivity contribution in [3.05, 3.63) is 9.67 Å². The zero-order valence-corrected chi connectivity index (χ0v) is 11.7. The Balaban J connectivity index is 2.20. The maximum Gasteiger partial charge on any atom is 0.350 e. The molecule has 0 aromatic carbocycles. The van der Waals surface area contributed by atoms with Gasteiger partial charge in [0, 0.05) is 0 Å². The van der Waals surface area contributed by atoms with Crippen molar-refractivity contribution in [2.45, 2.75) is 6.54 Å². The SMILES string of the molecule is Nc1nc(O)c2sc(=O)n(CCOCP(=O)(O)O)c2n1. The van der Waals surface area contributed by atoms with Crippen LogP contribution in [0.2, 0.25) is 0 Å². The summed E-state index contributed by atoms with van der Waals surface area (Å²) in [5.41, 5.74) is 5.54. The van der Waals surface area contributed by atoms with Gasteiger partial charge < -0.3 is 25.4 Å². The van der Waals surface area contributed by atoms with Crippen LogP contribution in [0.3, 0.4) is 0 Å². The number of ether oxygens (including phenoxy) is 1. The van der Waals surface area contributed by atoms with Crippen molar-refractivity contribution in [2.24, 2.45) is 0 Å². The summed E-state index contributed by atoms with van der Waals surface area (Å²) in [5.74, 6) is -0.567. The first kappa shape index (κ1) is 14.9. The second-order valence-corrected chi connectivity index (χ2v) is 6.33. The predicted octanol–water partition coefficient (Wildman–Crippen LogP) is -0.707. The summed E-state index contributed by atoms with van der Waals surface area (Å²) in [7, 11) is -4.24. The van der Waals surface area contributed by atoms with E-state index >= 15 is 0 Å². The number of thiazole rings is 1. The quantitative estimate of drug-likeness (QED) is 0.411. The maximum atomic E-state index is 11.7. The molecular formula is C8H11N4O6PS. The molecule has 0 radical (unpaired) electrons. The molecule has 0 aliphatic carbocycles. The standard InChI is InChI=1S/C8H11N4O6PS/c9-7-10-5-4(6(13)11-7)20-8(14)12(5)1-2-18-3-19(15,16)17/h1-3H2,(H2,15,16,17)(H3,9,10,11,13). The number of fused-ring (bicyclic) bond motifs is 1. The molecule has 0 unspecified atom stereocenters. The van der Waals surface area contributed by atoms with Gasteiger partial charge in [0.25, 0.3) is 0 Å². The molecule has 0 fully saturated rings. The van der Waals surface area contributed by atoms with Gasteiger partial charge in [0.05, 0.1) is 13.2 Å². The first-order chi connectivity index (χ1) is 9.28. The van der Waals surface area contributed by atoms with Crippen LogP contribution in [-0.4, -0.2) is 42.4 Å². The highest BCUT2D eigenvalue weighted by molar-refractivity contribution is 7.51. The third-order valence-corrected chi connectivity index (χ3v) is 3.71. The summed E-state index contributed by atoms with van der Waals surface area (Å²) < 4.78 is 16.8. The highest BCUT2D eigenvalue weighted by Gasteiger charge is 2.16. The van der Waals surface area contributed by atoms with Gasteiger partial charge in [-0.15, -0.1) is 0 Å². The molecular weight excluding hydrogens is 311 g/mol. The number of aromatic nitrogens is 3. The number of nitrogen functional groups attached to an aromatic ring is 1. The van der Waals surface area contributed by atoms with Crippen LogP contribution >= 0.6 is 18.9 Å². The Morgan fingerprint density at radius 3 is 2.75 bits per heavy atom. The molecule has 12 heteroatoms. The number of rotatable bonds is 5. The molecule has 5 N–H and O–H groups in total. The lowest BCUT2D eigenvalue weighted by Gasteiger charge is -2.06. The molecule has 20 heavy (non-hydrogen) atoms. The van der Waals surface area contributed by atoms with Gasteiger partial charge in [0.2, 0.25) is 11.8 Å². The lowest BCUT2D eigenvalue weighted by molar-refractivity contribution is 0.149. The monoisotopic (exact) mass is 322 g/mol. The lowest BCUT2D eigenvalue weighted by atomic mass is 10.5. The molecule has 0 atom stereocenters. The Morgan fingerprint density at radius 1 is 1.40 bits per heavy atom. The Kier molecular flexibility index (Phi) is 4.06. The van der Waals surface area contributed by atoms with Gasteiger partial charge >= 0.3 is 12.5 Å². The average molecular weight is 322 g/mol. The molecule has 0 aliphatic rings.